The molecule has 0 saturated heterocycles. The number of benzene rings is 2. The number of aromatic carboxylic acids is 1. The molecule has 0 bridgehead atoms. The van der Waals surface area contributed by atoms with Gasteiger partial charge in [0.25, 0.3) is 0 Å². The summed E-state index contributed by atoms with van der Waals surface area (Å²) in [5.74, 6) is -0.615. The molecule has 4 nitrogen and oxygen atoms in total. The van der Waals surface area contributed by atoms with Crippen molar-refractivity contribution >= 4 is 17.3 Å². The molecule has 3 rings (SSSR count). The lowest BCUT2D eigenvalue weighted by atomic mass is 10.2. The highest BCUT2D eigenvalue weighted by molar-refractivity contribution is 7.17. The summed E-state index contributed by atoms with van der Waals surface area (Å²) < 4.78 is 18.6. The van der Waals surface area contributed by atoms with Crippen LogP contribution in [-0.2, 0) is 6.61 Å². The first-order chi connectivity index (χ1) is 11.5. The van der Waals surface area contributed by atoms with Gasteiger partial charge >= 0.3 is 5.97 Å². The lowest BCUT2D eigenvalue weighted by molar-refractivity contribution is 0.0701. The van der Waals surface area contributed by atoms with Gasteiger partial charge in [-0.05, 0) is 36.8 Å². The van der Waals surface area contributed by atoms with Gasteiger partial charge in [-0.1, -0.05) is 24.3 Å². The van der Waals surface area contributed by atoms with Crippen molar-refractivity contribution < 1.29 is 19.0 Å². The number of thiazole rings is 1. The van der Waals surface area contributed by atoms with E-state index in [9.17, 15) is 9.18 Å². The number of rotatable bonds is 5. The Kier molecular flexibility index (Phi) is 4.57. The normalized spacial score (nSPS) is 10.6. The van der Waals surface area contributed by atoms with Crippen molar-refractivity contribution in [2.75, 3.05) is 0 Å². The van der Waals surface area contributed by atoms with Gasteiger partial charge in [-0.15, -0.1) is 11.3 Å². The summed E-state index contributed by atoms with van der Waals surface area (Å²) in [6.07, 6.45) is 0. The Hall–Kier alpha value is -2.73. The van der Waals surface area contributed by atoms with Crippen LogP contribution in [0.25, 0.3) is 10.6 Å². The van der Waals surface area contributed by atoms with E-state index >= 15 is 0 Å². The number of halogens is 1. The van der Waals surface area contributed by atoms with E-state index < -0.39 is 5.97 Å². The third kappa shape index (κ3) is 3.60. The molecule has 6 heteroatoms. The molecule has 0 spiro atoms. The minimum absolute atomic E-state index is 0.239. The average Bonchev–Trinajstić information content (AvgIpc) is 2.97. The number of aromatic nitrogens is 1. The second kappa shape index (κ2) is 6.80. The Labute approximate surface area is 142 Å². The summed E-state index contributed by atoms with van der Waals surface area (Å²) >= 11 is 1.14. The molecule has 0 aliphatic rings. The third-order valence-corrected chi connectivity index (χ3v) is 4.59. The van der Waals surface area contributed by atoms with Crippen LogP contribution >= 0.6 is 11.3 Å². The number of carboxylic acid groups (broad SMARTS) is 1. The zero-order valence-electron chi connectivity index (χ0n) is 12.8. The van der Waals surface area contributed by atoms with E-state index in [1.807, 2.05) is 24.3 Å². The van der Waals surface area contributed by atoms with Gasteiger partial charge in [-0.3, -0.25) is 0 Å². The van der Waals surface area contributed by atoms with Gasteiger partial charge in [0.1, 0.15) is 28.1 Å². The summed E-state index contributed by atoms with van der Waals surface area (Å²) in [6, 6.07) is 13.4. The quantitative estimate of drug-likeness (QED) is 0.739. The summed E-state index contributed by atoms with van der Waals surface area (Å²) in [4.78, 5) is 15.7. The highest BCUT2D eigenvalue weighted by Gasteiger charge is 2.15. The Morgan fingerprint density at radius 1 is 1.25 bits per heavy atom. The van der Waals surface area contributed by atoms with E-state index in [4.69, 9.17) is 9.84 Å². The summed E-state index contributed by atoms with van der Waals surface area (Å²) in [5, 5.41) is 9.77. The summed E-state index contributed by atoms with van der Waals surface area (Å²) in [5.41, 5.74) is 2.16. The van der Waals surface area contributed by atoms with Gasteiger partial charge in [0.2, 0.25) is 0 Å². The van der Waals surface area contributed by atoms with Crippen molar-refractivity contribution in [3.05, 3.63) is 70.5 Å². The zero-order chi connectivity index (χ0) is 17.1. The second-order valence-electron chi connectivity index (χ2n) is 5.18. The van der Waals surface area contributed by atoms with Crippen molar-refractivity contribution in [3.8, 4) is 16.3 Å². The molecule has 0 radical (unpaired) electrons. The standard InChI is InChI=1S/C18H14FNO3S/c1-11-16(18(21)22)24-17(20-11)13-3-2-4-15(9-13)23-10-12-5-7-14(19)8-6-12/h2-9H,10H2,1H3,(H,21,22). The van der Waals surface area contributed by atoms with E-state index in [1.54, 1.807) is 19.1 Å². The Morgan fingerprint density at radius 2 is 2.00 bits per heavy atom. The predicted octanol–water partition coefficient (Wildman–Crippen LogP) is 4.53. The van der Waals surface area contributed by atoms with Gasteiger partial charge in [0.15, 0.2) is 0 Å². The molecule has 0 fully saturated rings. The van der Waals surface area contributed by atoms with E-state index in [0.717, 1.165) is 22.5 Å². The molecule has 1 aromatic heterocycles. The molecule has 0 amide bonds. The number of carboxylic acids is 1. The minimum atomic E-state index is -0.972. The minimum Gasteiger partial charge on any atom is -0.489 e. The Bertz CT molecular complexity index is 874. The molecular weight excluding hydrogens is 329 g/mol. The zero-order valence-corrected chi connectivity index (χ0v) is 13.6. The number of aryl methyl sites for hydroxylation is 1. The SMILES string of the molecule is Cc1nc(-c2cccc(OCc3ccc(F)cc3)c2)sc1C(=O)O. The Morgan fingerprint density at radius 3 is 2.67 bits per heavy atom. The monoisotopic (exact) mass is 343 g/mol. The van der Waals surface area contributed by atoms with E-state index in [2.05, 4.69) is 4.98 Å². The molecule has 0 atom stereocenters. The molecule has 0 aliphatic heterocycles. The second-order valence-corrected chi connectivity index (χ2v) is 6.18. The molecule has 0 unspecified atom stereocenters. The number of hydrogen-bond acceptors (Lipinski definition) is 4. The van der Waals surface area contributed by atoms with Crippen molar-refractivity contribution in [1.82, 2.24) is 4.98 Å². The fourth-order valence-corrected chi connectivity index (χ4v) is 3.09. The van der Waals surface area contributed by atoms with E-state index in [0.29, 0.717) is 23.1 Å². The van der Waals surface area contributed by atoms with Crippen LogP contribution in [0.3, 0.4) is 0 Å². The molecule has 1 N–H and O–H groups in total. The van der Waals surface area contributed by atoms with Crippen molar-refractivity contribution in [3.63, 3.8) is 0 Å². The topological polar surface area (TPSA) is 59.4 Å². The largest absolute Gasteiger partial charge is 0.489 e. The van der Waals surface area contributed by atoms with Gasteiger partial charge in [0.05, 0.1) is 5.69 Å². The van der Waals surface area contributed by atoms with E-state index in [-0.39, 0.29) is 10.7 Å². The fourth-order valence-electron chi connectivity index (χ4n) is 2.18. The number of ether oxygens (including phenoxy) is 1. The summed E-state index contributed by atoms with van der Waals surface area (Å²) in [6.45, 7) is 2.00. The van der Waals surface area contributed by atoms with Crippen LogP contribution in [0.4, 0.5) is 4.39 Å². The maximum Gasteiger partial charge on any atom is 0.347 e. The molecule has 24 heavy (non-hydrogen) atoms. The average molecular weight is 343 g/mol. The van der Waals surface area contributed by atoms with Gasteiger partial charge < -0.3 is 9.84 Å². The smallest absolute Gasteiger partial charge is 0.347 e. The molecule has 0 aliphatic carbocycles. The van der Waals surface area contributed by atoms with Crippen LogP contribution in [-0.4, -0.2) is 16.1 Å². The molecular formula is C18H14FNO3S. The van der Waals surface area contributed by atoms with Crippen LogP contribution in [0.2, 0.25) is 0 Å². The third-order valence-electron chi connectivity index (χ3n) is 3.39. The maximum atomic E-state index is 12.9. The van der Waals surface area contributed by atoms with Crippen molar-refractivity contribution in [1.29, 1.82) is 0 Å². The molecule has 2 aromatic carbocycles. The number of nitrogens with zero attached hydrogens (tertiary/aromatic N) is 1. The first-order valence-corrected chi connectivity index (χ1v) is 8.03. The number of carbonyl (C=O) groups is 1. The summed E-state index contributed by atoms with van der Waals surface area (Å²) in [7, 11) is 0. The Balaban J connectivity index is 1.77. The van der Waals surface area contributed by atoms with Crippen LogP contribution in [0, 0.1) is 12.7 Å². The molecule has 0 saturated carbocycles. The van der Waals surface area contributed by atoms with Gasteiger partial charge in [0, 0.05) is 5.56 Å². The van der Waals surface area contributed by atoms with Gasteiger partial charge in [-0.2, -0.15) is 0 Å². The van der Waals surface area contributed by atoms with Crippen molar-refractivity contribution in [2.24, 2.45) is 0 Å². The molecule has 3 aromatic rings. The first-order valence-electron chi connectivity index (χ1n) is 7.21. The van der Waals surface area contributed by atoms with E-state index in [1.165, 1.54) is 12.1 Å². The highest BCUT2D eigenvalue weighted by atomic mass is 32.1. The molecule has 122 valence electrons. The van der Waals surface area contributed by atoms with Crippen LogP contribution < -0.4 is 4.74 Å². The predicted molar refractivity (Wildman–Crippen MR) is 90.0 cm³/mol. The van der Waals surface area contributed by atoms with Crippen LogP contribution in [0.5, 0.6) is 5.75 Å². The highest BCUT2D eigenvalue weighted by Crippen LogP contribution is 2.30. The lowest BCUT2D eigenvalue weighted by Crippen LogP contribution is -1.95. The number of hydrogen-bond donors (Lipinski definition) is 1. The van der Waals surface area contributed by atoms with Crippen LogP contribution in [0.1, 0.15) is 20.9 Å². The first kappa shape index (κ1) is 16.1. The van der Waals surface area contributed by atoms with Gasteiger partial charge in [-0.25, -0.2) is 14.2 Å². The van der Waals surface area contributed by atoms with Crippen LogP contribution in [0.15, 0.2) is 48.5 Å². The van der Waals surface area contributed by atoms with Crippen molar-refractivity contribution in [2.45, 2.75) is 13.5 Å². The maximum absolute atomic E-state index is 12.9. The fraction of sp³-hybridized carbons (Fsp3) is 0.111. The molecule has 1 heterocycles. The lowest BCUT2D eigenvalue weighted by Gasteiger charge is -2.07.